The molecule has 0 radical (unpaired) electrons. The van der Waals surface area contributed by atoms with E-state index in [0.717, 1.165) is 25.7 Å². The number of anilines is 2. The topological polar surface area (TPSA) is 113 Å². The molecule has 1 saturated carbocycles. The third-order valence-corrected chi connectivity index (χ3v) is 5.62. The highest BCUT2D eigenvalue weighted by molar-refractivity contribution is 5.92. The Labute approximate surface area is 186 Å². The van der Waals surface area contributed by atoms with E-state index in [1.165, 1.54) is 0 Å². The number of hydrogen-bond acceptors (Lipinski definition) is 6. The molecule has 32 heavy (non-hydrogen) atoms. The Balaban J connectivity index is 1.66. The minimum atomic E-state index is -0.568. The predicted molar refractivity (Wildman–Crippen MR) is 122 cm³/mol. The lowest BCUT2D eigenvalue weighted by Gasteiger charge is -2.27. The minimum Gasteiger partial charge on any atom is -0.456 e. The summed E-state index contributed by atoms with van der Waals surface area (Å²) in [5, 5.41) is 18.0. The first-order valence-corrected chi connectivity index (χ1v) is 10.9. The number of nitriles is 1. The van der Waals surface area contributed by atoms with E-state index in [0.29, 0.717) is 28.0 Å². The fraction of sp³-hybridized carbons (Fsp3) is 0.417. The molecule has 2 aromatic heterocycles. The first-order chi connectivity index (χ1) is 15.3. The number of fused-ring (bicyclic) bond motifs is 1. The Hall–Kier alpha value is -3.60. The van der Waals surface area contributed by atoms with Crippen LogP contribution in [0.4, 0.5) is 11.5 Å². The molecule has 1 aliphatic carbocycles. The number of pyridine rings is 1. The van der Waals surface area contributed by atoms with Crippen LogP contribution in [0.1, 0.15) is 62.9 Å². The van der Waals surface area contributed by atoms with Crippen LogP contribution in [0.5, 0.6) is 0 Å². The van der Waals surface area contributed by atoms with E-state index in [1.54, 1.807) is 30.5 Å². The Morgan fingerprint density at radius 3 is 2.62 bits per heavy atom. The maximum Gasteiger partial charge on any atom is 0.338 e. The number of benzene rings is 1. The SMILES string of the molecule is CC(C)(C)OC(=O)c1ccc(Nc2nn([C@H]3CCCC[C@@H]3C#N)c3cc[nH]c(=O)c23)cc1. The Kier molecular flexibility index (Phi) is 5.74. The smallest absolute Gasteiger partial charge is 0.338 e. The predicted octanol–water partition coefficient (Wildman–Crippen LogP) is 4.68. The lowest BCUT2D eigenvalue weighted by atomic mass is 9.85. The molecule has 0 bridgehead atoms. The van der Waals surface area contributed by atoms with E-state index in [2.05, 4.69) is 16.4 Å². The molecule has 2 heterocycles. The molecule has 0 unspecified atom stereocenters. The van der Waals surface area contributed by atoms with Crippen molar-refractivity contribution in [2.45, 2.75) is 58.1 Å². The van der Waals surface area contributed by atoms with Gasteiger partial charge in [-0.3, -0.25) is 9.48 Å². The summed E-state index contributed by atoms with van der Waals surface area (Å²) in [6, 6.07) is 11.0. The minimum absolute atomic E-state index is 0.0665. The van der Waals surface area contributed by atoms with Crippen molar-refractivity contribution in [2.24, 2.45) is 5.92 Å². The van der Waals surface area contributed by atoms with Gasteiger partial charge in [-0.2, -0.15) is 10.4 Å². The van der Waals surface area contributed by atoms with E-state index >= 15 is 0 Å². The Morgan fingerprint density at radius 2 is 1.94 bits per heavy atom. The number of aromatic amines is 1. The fourth-order valence-corrected chi connectivity index (χ4v) is 4.16. The molecule has 0 aliphatic heterocycles. The first-order valence-electron chi connectivity index (χ1n) is 10.9. The quantitative estimate of drug-likeness (QED) is 0.578. The molecule has 0 spiro atoms. The summed E-state index contributed by atoms with van der Waals surface area (Å²) in [5.41, 5.74) is 1.02. The van der Waals surface area contributed by atoms with Gasteiger partial charge in [0.2, 0.25) is 0 Å². The maximum atomic E-state index is 12.6. The van der Waals surface area contributed by atoms with Crippen LogP contribution in [0, 0.1) is 17.2 Å². The summed E-state index contributed by atoms with van der Waals surface area (Å²) < 4.78 is 7.23. The van der Waals surface area contributed by atoms with Crippen LogP contribution < -0.4 is 10.9 Å². The van der Waals surface area contributed by atoms with E-state index in [9.17, 15) is 14.9 Å². The molecule has 0 saturated heterocycles. The van der Waals surface area contributed by atoms with Crippen LogP contribution in [-0.2, 0) is 4.74 Å². The summed E-state index contributed by atoms with van der Waals surface area (Å²) in [7, 11) is 0. The highest BCUT2D eigenvalue weighted by atomic mass is 16.6. The monoisotopic (exact) mass is 433 g/mol. The molecule has 0 amide bonds. The van der Waals surface area contributed by atoms with Gasteiger partial charge in [0.25, 0.3) is 5.56 Å². The average molecular weight is 434 g/mol. The van der Waals surface area contributed by atoms with Crippen molar-refractivity contribution in [3.8, 4) is 6.07 Å². The summed E-state index contributed by atoms with van der Waals surface area (Å²) >= 11 is 0. The van der Waals surface area contributed by atoms with Crippen molar-refractivity contribution >= 4 is 28.4 Å². The molecule has 1 aromatic carbocycles. The maximum absolute atomic E-state index is 12.6. The zero-order valence-corrected chi connectivity index (χ0v) is 18.5. The second-order valence-electron chi connectivity index (χ2n) is 9.15. The standard InChI is InChI=1S/C24H27N5O3/c1-24(2,3)32-23(31)15-8-10-17(11-9-15)27-21-20-19(12-13-26-22(20)30)29(28-21)18-7-5-4-6-16(18)14-25/h8-13,16,18H,4-7H2,1-3H3,(H,26,30)(H,27,28)/t16-,18+/m1/s1. The number of esters is 1. The van der Waals surface area contributed by atoms with Gasteiger partial charge in [0.1, 0.15) is 11.0 Å². The molecule has 2 N–H and O–H groups in total. The van der Waals surface area contributed by atoms with Gasteiger partial charge in [-0.05, 0) is 63.9 Å². The zero-order chi connectivity index (χ0) is 22.9. The highest BCUT2D eigenvalue weighted by Crippen LogP contribution is 2.36. The van der Waals surface area contributed by atoms with Crippen molar-refractivity contribution in [3.63, 3.8) is 0 Å². The number of nitrogens with zero attached hydrogens (tertiary/aromatic N) is 3. The van der Waals surface area contributed by atoms with Gasteiger partial charge in [0.15, 0.2) is 5.82 Å². The van der Waals surface area contributed by atoms with E-state index in [1.807, 2.05) is 31.5 Å². The molecule has 1 fully saturated rings. The number of hydrogen-bond donors (Lipinski definition) is 2. The molecule has 166 valence electrons. The summed E-state index contributed by atoms with van der Waals surface area (Å²) in [6.07, 6.45) is 5.35. The number of H-pyrrole nitrogens is 1. The fourth-order valence-electron chi connectivity index (χ4n) is 4.16. The van der Waals surface area contributed by atoms with Crippen molar-refractivity contribution in [3.05, 3.63) is 52.4 Å². The van der Waals surface area contributed by atoms with E-state index in [-0.39, 0.29) is 17.5 Å². The third-order valence-electron chi connectivity index (χ3n) is 5.62. The molecular formula is C24H27N5O3. The van der Waals surface area contributed by atoms with Crippen molar-refractivity contribution < 1.29 is 9.53 Å². The Bertz CT molecular complexity index is 1230. The number of nitrogens with one attached hydrogen (secondary N) is 2. The van der Waals surface area contributed by atoms with Crippen molar-refractivity contribution in [1.29, 1.82) is 5.26 Å². The molecule has 2 atom stereocenters. The summed E-state index contributed by atoms with van der Waals surface area (Å²) in [5.74, 6) is -0.101. The van der Waals surface area contributed by atoms with Crippen molar-refractivity contribution in [1.82, 2.24) is 14.8 Å². The van der Waals surface area contributed by atoms with Gasteiger partial charge in [0, 0.05) is 11.9 Å². The molecule has 3 aromatic rings. The third kappa shape index (κ3) is 4.37. The van der Waals surface area contributed by atoms with Crippen LogP contribution in [0.3, 0.4) is 0 Å². The molecule has 8 heteroatoms. The van der Waals surface area contributed by atoms with Gasteiger partial charge < -0.3 is 15.0 Å². The molecule has 8 nitrogen and oxygen atoms in total. The Morgan fingerprint density at radius 1 is 1.22 bits per heavy atom. The van der Waals surface area contributed by atoms with Gasteiger partial charge in [-0.25, -0.2) is 4.79 Å². The largest absolute Gasteiger partial charge is 0.456 e. The van der Waals surface area contributed by atoms with E-state index in [4.69, 9.17) is 9.84 Å². The average Bonchev–Trinajstić information content (AvgIpc) is 3.12. The van der Waals surface area contributed by atoms with Crippen LogP contribution >= 0.6 is 0 Å². The van der Waals surface area contributed by atoms with E-state index < -0.39 is 11.6 Å². The van der Waals surface area contributed by atoms with Crippen LogP contribution in [0.2, 0.25) is 0 Å². The lowest BCUT2D eigenvalue weighted by Crippen LogP contribution is -2.23. The number of rotatable bonds is 4. The van der Waals surface area contributed by atoms with Gasteiger partial charge >= 0.3 is 5.97 Å². The van der Waals surface area contributed by atoms with Gasteiger partial charge in [0.05, 0.1) is 29.1 Å². The summed E-state index contributed by atoms with van der Waals surface area (Å²) in [4.78, 5) is 27.6. The molecular weight excluding hydrogens is 406 g/mol. The van der Waals surface area contributed by atoms with Crippen LogP contribution in [0.25, 0.3) is 10.9 Å². The van der Waals surface area contributed by atoms with Gasteiger partial charge in [-0.15, -0.1) is 0 Å². The van der Waals surface area contributed by atoms with Gasteiger partial charge in [-0.1, -0.05) is 12.8 Å². The number of ether oxygens (including phenoxy) is 1. The number of aromatic nitrogens is 3. The van der Waals surface area contributed by atoms with Crippen LogP contribution in [-0.4, -0.2) is 26.3 Å². The number of carbonyl (C=O) groups is 1. The first kappa shape index (κ1) is 21.6. The normalized spacial score (nSPS) is 18.8. The second-order valence-corrected chi connectivity index (χ2v) is 9.15. The highest BCUT2D eigenvalue weighted by Gasteiger charge is 2.29. The molecule has 4 rings (SSSR count). The molecule has 1 aliphatic rings. The van der Waals surface area contributed by atoms with Crippen molar-refractivity contribution in [2.75, 3.05) is 5.32 Å². The summed E-state index contributed by atoms with van der Waals surface area (Å²) in [6.45, 7) is 5.47. The number of carbonyl (C=O) groups excluding carboxylic acids is 1. The second kappa shape index (κ2) is 8.50. The lowest BCUT2D eigenvalue weighted by molar-refractivity contribution is 0.00695. The van der Waals surface area contributed by atoms with Crippen LogP contribution in [0.15, 0.2) is 41.3 Å². The zero-order valence-electron chi connectivity index (χ0n) is 18.5.